The van der Waals surface area contributed by atoms with Gasteiger partial charge in [0.2, 0.25) is 0 Å². The Labute approximate surface area is 115 Å². The fraction of sp³-hybridized carbons (Fsp3) is 0.308. The molecule has 0 aliphatic carbocycles. The van der Waals surface area contributed by atoms with E-state index < -0.39 is 0 Å². The number of aliphatic imine (C=N–C) groups is 1. The van der Waals surface area contributed by atoms with E-state index in [0.29, 0.717) is 11.1 Å². The Balaban J connectivity index is 1.88. The predicted octanol–water partition coefficient (Wildman–Crippen LogP) is 1.82. The lowest BCUT2D eigenvalue weighted by Crippen LogP contribution is -2.24. The molecule has 0 spiro atoms. The van der Waals surface area contributed by atoms with Crippen molar-refractivity contribution in [3.8, 4) is 0 Å². The third kappa shape index (κ3) is 2.12. The number of hydrogen-bond donors (Lipinski definition) is 1. The zero-order valence-electron chi connectivity index (χ0n) is 10.5. The van der Waals surface area contributed by atoms with E-state index in [4.69, 9.17) is 0 Å². The Morgan fingerprint density at radius 3 is 2.79 bits per heavy atom. The summed E-state index contributed by atoms with van der Waals surface area (Å²) in [6.07, 6.45) is 1.10. The molecule has 0 radical (unpaired) electrons. The molecule has 2 aliphatic heterocycles. The van der Waals surface area contributed by atoms with Crippen molar-refractivity contribution in [2.24, 2.45) is 4.99 Å². The minimum atomic E-state index is -0.248. The van der Waals surface area contributed by atoms with E-state index >= 15 is 0 Å². The summed E-state index contributed by atoms with van der Waals surface area (Å²) in [6.45, 7) is 0.834. The number of imide groups is 1. The Hall–Kier alpha value is -1.82. The Morgan fingerprint density at radius 1 is 1.26 bits per heavy atom. The van der Waals surface area contributed by atoms with Crippen molar-refractivity contribution in [2.75, 3.05) is 24.7 Å². The second-order valence-electron chi connectivity index (χ2n) is 4.44. The molecule has 1 aromatic rings. The van der Waals surface area contributed by atoms with Crippen LogP contribution in [0.2, 0.25) is 0 Å². The summed E-state index contributed by atoms with van der Waals surface area (Å²) in [5.41, 5.74) is 1.72. The molecule has 0 saturated carbocycles. The molecule has 2 heterocycles. The number of amides is 2. The lowest BCUT2D eigenvalue weighted by atomic mass is 10.1. The Bertz CT molecular complexity index is 598. The van der Waals surface area contributed by atoms with E-state index in [0.717, 1.165) is 34.5 Å². The number of carbonyl (C=O) groups excluding carboxylic acids is 2. The van der Waals surface area contributed by atoms with Gasteiger partial charge in [-0.3, -0.25) is 19.5 Å². The van der Waals surface area contributed by atoms with Gasteiger partial charge in [0.1, 0.15) is 0 Å². The first-order valence-corrected chi connectivity index (χ1v) is 7.06. The number of nitrogens with one attached hydrogen (secondary N) is 1. The highest BCUT2D eigenvalue weighted by Gasteiger charge is 2.32. The standard InChI is InChI=1S/C13H13N3O2S/c1-16-11(17)9-4-3-8(7-10(9)12(16)18)15-13-14-5-2-6-19-13/h3-4,7H,2,5-6H2,1H3,(H,14,15). The monoisotopic (exact) mass is 275 g/mol. The van der Waals surface area contributed by atoms with E-state index in [1.807, 2.05) is 0 Å². The first kappa shape index (κ1) is 12.2. The minimum Gasteiger partial charge on any atom is -0.335 e. The lowest BCUT2D eigenvalue weighted by Gasteiger charge is -2.13. The molecule has 5 nitrogen and oxygen atoms in total. The summed E-state index contributed by atoms with van der Waals surface area (Å²) in [4.78, 5) is 29.2. The van der Waals surface area contributed by atoms with Crippen molar-refractivity contribution in [3.63, 3.8) is 0 Å². The molecule has 2 amide bonds. The molecule has 2 aliphatic rings. The van der Waals surface area contributed by atoms with Gasteiger partial charge in [-0.05, 0) is 24.6 Å². The van der Waals surface area contributed by atoms with E-state index in [-0.39, 0.29) is 11.8 Å². The van der Waals surface area contributed by atoms with Crippen LogP contribution in [0.25, 0.3) is 0 Å². The van der Waals surface area contributed by atoms with Crippen molar-refractivity contribution < 1.29 is 9.59 Å². The van der Waals surface area contributed by atoms with Crippen molar-refractivity contribution in [1.82, 2.24) is 4.90 Å². The summed E-state index contributed by atoms with van der Waals surface area (Å²) < 4.78 is 0. The minimum absolute atomic E-state index is 0.240. The average molecular weight is 275 g/mol. The average Bonchev–Trinajstić information content (AvgIpc) is 2.65. The molecule has 19 heavy (non-hydrogen) atoms. The Morgan fingerprint density at radius 2 is 2.05 bits per heavy atom. The first-order chi connectivity index (χ1) is 9.16. The second kappa shape index (κ2) is 4.70. The molecule has 1 N–H and O–H groups in total. The van der Waals surface area contributed by atoms with Gasteiger partial charge >= 0.3 is 0 Å². The number of anilines is 1. The normalized spacial score (nSPS) is 18.4. The van der Waals surface area contributed by atoms with Gasteiger partial charge in [0.25, 0.3) is 11.8 Å². The van der Waals surface area contributed by atoms with Gasteiger partial charge in [-0.1, -0.05) is 11.8 Å². The maximum Gasteiger partial charge on any atom is 0.261 e. The number of nitrogens with zero attached hydrogens (tertiary/aromatic N) is 2. The van der Waals surface area contributed by atoms with Gasteiger partial charge in [0.15, 0.2) is 5.17 Å². The first-order valence-electron chi connectivity index (χ1n) is 6.07. The van der Waals surface area contributed by atoms with Gasteiger partial charge < -0.3 is 5.32 Å². The van der Waals surface area contributed by atoms with Crippen LogP contribution < -0.4 is 5.32 Å². The van der Waals surface area contributed by atoms with E-state index in [1.54, 1.807) is 30.0 Å². The van der Waals surface area contributed by atoms with Crippen LogP contribution in [-0.2, 0) is 0 Å². The third-order valence-corrected chi connectivity index (χ3v) is 4.13. The maximum atomic E-state index is 11.9. The van der Waals surface area contributed by atoms with Crippen LogP contribution in [0.3, 0.4) is 0 Å². The summed E-state index contributed by atoms with van der Waals surface area (Å²) in [5.74, 6) is 0.564. The summed E-state index contributed by atoms with van der Waals surface area (Å²) in [7, 11) is 1.50. The summed E-state index contributed by atoms with van der Waals surface area (Å²) in [5, 5.41) is 4.06. The fourth-order valence-electron chi connectivity index (χ4n) is 2.10. The van der Waals surface area contributed by atoms with Crippen molar-refractivity contribution in [3.05, 3.63) is 29.3 Å². The molecule has 98 valence electrons. The number of amidine groups is 1. The van der Waals surface area contributed by atoms with Crippen molar-refractivity contribution in [2.45, 2.75) is 6.42 Å². The fourth-order valence-corrected chi connectivity index (χ4v) is 2.94. The molecule has 1 aromatic carbocycles. The van der Waals surface area contributed by atoms with Crippen LogP contribution in [-0.4, -0.2) is 41.2 Å². The molecule has 0 bridgehead atoms. The van der Waals surface area contributed by atoms with E-state index in [2.05, 4.69) is 10.3 Å². The summed E-state index contributed by atoms with van der Waals surface area (Å²) in [6, 6.07) is 5.22. The smallest absolute Gasteiger partial charge is 0.261 e. The highest BCUT2D eigenvalue weighted by Crippen LogP contribution is 2.25. The zero-order valence-corrected chi connectivity index (χ0v) is 11.3. The number of carbonyl (C=O) groups is 2. The largest absolute Gasteiger partial charge is 0.335 e. The maximum absolute atomic E-state index is 11.9. The van der Waals surface area contributed by atoms with E-state index in [1.165, 1.54) is 7.05 Å². The molecule has 0 aromatic heterocycles. The molecule has 6 heteroatoms. The van der Waals surface area contributed by atoms with Crippen LogP contribution in [0.4, 0.5) is 5.69 Å². The van der Waals surface area contributed by atoms with Crippen LogP contribution in [0, 0.1) is 0 Å². The summed E-state index contributed by atoms with van der Waals surface area (Å²) >= 11 is 1.67. The number of benzene rings is 1. The topological polar surface area (TPSA) is 61.8 Å². The molecule has 0 atom stereocenters. The van der Waals surface area contributed by atoms with Crippen LogP contribution in [0.15, 0.2) is 23.2 Å². The van der Waals surface area contributed by atoms with Gasteiger partial charge in [0.05, 0.1) is 11.1 Å². The van der Waals surface area contributed by atoms with Crippen LogP contribution >= 0.6 is 11.8 Å². The molecular weight excluding hydrogens is 262 g/mol. The number of hydrogen-bond acceptors (Lipinski definition) is 5. The van der Waals surface area contributed by atoms with Gasteiger partial charge in [-0.25, -0.2) is 0 Å². The quantitative estimate of drug-likeness (QED) is 0.794. The number of thioether (sulfide) groups is 1. The van der Waals surface area contributed by atoms with Crippen LogP contribution in [0.5, 0.6) is 0 Å². The highest BCUT2D eigenvalue weighted by molar-refractivity contribution is 8.14. The molecule has 0 saturated heterocycles. The number of fused-ring (bicyclic) bond motifs is 1. The highest BCUT2D eigenvalue weighted by atomic mass is 32.2. The molecule has 3 rings (SSSR count). The van der Waals surface area contributed by atoms with Crippen molar-refractivity contribution in [1.29, 1.82) is 0 Å². The Kier molecular flexibility index (Phi) is 3.02. The SMILES string of the molecule is CN1C(=O)c2ccc(NC3=NCCCS3)cc2C1=O. The van der Waals surface area contributed by atoms with Gasteiger partial charge in [0, 0.05) is 25.0 Å². The third-order valence-electron chi connectivity index (χ3n) is 3.14. The predicted molar refractivity (Wildman–Crippen MR) is 75.9 cm³/mol. The van der Waals surface area contributed by atoms with Crippen molar-refractivity contribution >= 4 is 34.4 Å². The zero-order chi connectivity index (χ0) is 13.4. The van der Waals surface area contributed by atoms with E-state index in [9.17, 15) is 9.59 Å². The van der Waals surface area contributed by atoms with Gasteiger partial charge in [-0.15, -0.1) is 0 Å². The molecular formula is C13H13N3O2S. The molecule has 0 unspecified atom stereocenters. The second-order valence-corrected chi connectivity index (χ2v) is 5.53. The lowest BCUT2D eigenvalue weighted by molar-refractivity contribution is 0.0693. The van der Waals surface area contributed by atoms with Crippen LogP contribution in [0.1, 0.15) is 27.1 Å². The number of rotatable bonds is 1. The van der Waals surface area contributed by atoms with Gasteiger partial charge in [-0.2, -0.15) is 0 Å². The molecule has 0 fully saturated rings.